The van der Waals surface area contributed by atoms with Crippen molar-refractivity contribution in [2.24, 2.45) is 5.73 Å². The normalized spacial score (nSPS) is 19.0. The zero-order valence-corrected chi connectivity index (χ0v) is 12.9. The molecule has 0 spiro atoms. The Balaban J connectivity index is 2.56. The van der Waals surface area contributed by atoms with Gasteiger partial charge in [0, 0.05) is 7.05 Å². The SMILES string of the molecule is COc1ccc(C2=C(Cl)C(N)=C(Cl)C(C(=O)O)N2C)cc1. The molecule has 7 heteroatoms. The minimum Gasteiger partial charge on any atom is -0.497 e. The lowest BCUT2D eigenvalue weighted by atomic mass is 10.0. The van der Waals surface area contributed by atoms with E-state index >= 15 is 0 Å². The molecule has 0 amide bonds. The molecule has 0 bridgehead atoms. The van der Waals surface area contributed by atoms with Crippen molar-refractivity contribution in [3.05, 3.63) is 45.6 Å². The molecule has 0 saturated carbocycles. The van der Waals surface area contributed by atoms with Gasteiger partial charge < -0.3 is 20.5 Å². The molecule has 3 N–H and O–H groups in total. The number of hydrogen-bond acceptors (Lipinski definition) is 4. The molecule has 0 radical (unpaired) electrons. The van der Waals surface area contributed by atoms with Crippen LogP contribution in [-0.4, -0.2) is 36.2 Å². The highest BCUT2D eigenvalue weighted by Gasteiger charge is 2.36. The smallest absolute Gasteiger partial charge is 0.332 e. The number of methoxy groups -OCH3 is 1. The molecule has 112 valence electrons. The van der Waals surface area contributed by atoms with Gasteiger partial charge in [0.2, 0.25) is 0 Å². The average Bonchev–Trinajstić information content (AvgIpc) is 2.45. The molecule has 1 aromatic rings. The molecule has 0 aliphatic carbocycles. The molecule has 5 nitrogen and oxygen atoms in total. The molecule has 1 aromatic carbocycles. The fourth-order valence-corrected chi connectivity index (χ4v) is 2.91. The van der Waals surface area contributed by atoms with Crippen LogP contribution in [0.15, 0.2) is 40.0 Å². The summed E-state index contributed by atoms with van der Waals surface area (Å²) < 4.78 is 5.10. The second-order valence-corrected chi connectivity index (χ2v) is 5.29. The number of likely N-dealkylation sites (N-methyl/N-ethyl adjacent to an activating group) is 1. The van der Waals surface area contributed by atoms with Gasteiger partial charge in [-0.15, -0.1) is 0 Å². The van der Waals surface area contributed by atoms with Crippen molar-refractivity contribution in [3.8, 4) is 5.75 Å². The quantitative estimate of drug-likeness (QED) is 0.891. The van der Waals surface area contributed by atoms with E-state index in [0.717, 1.165) is 5.56 Å². The zero-order valence-electron chi connectivity index (χ0n) is 11.4. The molecular formula is C14H14Cl2N2O3. The Kier molecular flexibility index (Phi) is 4.34. The molecular weight excluding hydrogens is 315 g/mol. The summed E-state index contributed by atoms with van der Waals surface area (Å²) in [5, 5.41) is 9.56. The fraction of sp³-hybridized carbons (Fsp3) is 0.214. The van der Waals surface area contributed by atoms with Crippen molar-refractivity contribution in [2.75, 3.05) is 14.2 Å². The van der Waals surface area contributed by atoms with Crippen LogP contribution in [-0.2, 0) is 4.79 Å². The minimum atomic E-state index is -1.10. The van der Waals surface area contributed by atoms with Crippen LogP contribution in [0.5, 0.6) is 5.75 Å². The second-order valence-electron chi connectivity index (χ2n) is 4.50. The van der Waals surface area contributed by atoms with E-state index in [-0.39, 0.29) is 15.8 Å². The van der Waals surface area contributed by atoms with Crippen molar-refractivity contribution in [1.29, 1.82) is 0 Å². The maximum absolute atomic E-state index is 11.4. The van der Waals surface area contributed by atoms with Crippen LogP contribution in [0.25, 0.3) is 5.70 Å². The molecule has 0 fully saturated rings. The topological polar surface area (TPSA) is 75.8 Å². The first-order valence-electron chi connectivity index (χ1n) is 6.03. The lowest BCUT2D eigenvalue weighted by Gasteiger charge is -2.34. The van der Waals surface area contributed by atoms with Crippen LogP contribution in [0, 0.1) is 0 Å². The van der Waals surface area contributed by atoms with Crippen LogP contribution < -0.4 is 10.5 Å². The van der Waals surface area contributed by atoms with Crippen LogP contribution in [0.4, 0.5) is 0 Å². The van der Waals surface area contributed by atoms with Gasteiger partial charge in [0.1, 0.15) is 5.75 Å². The van der Waals surface area contributed by atoms with Gasteiger partial charge in [-0.25, -0.2) is 4.79 Å². The summed E-state index contributed by atoms with van der Waals surface area (Å²) in [6, 6.07) is 6.00. The number of benzene rings is 1. The third-order valence-corrected chi connectivity index (χ3v) is 4.07. The molecule has 21 heavy (non-hydrogen) atoms. The number of ether oxygens (including phenoxy) is 1. The summed E-state index contributed by atoms with van der Waals surface area (Å²) in [7, 11) is 3.17. The first kappa shape index (κ1) is 15.5. The van der Waals surface area contributed by atoms with Crippen molar-refractivity contribution in [3.63, 3.8) is 0 Å². The van der Waals surface area contributed by atoms with Gasteiger partial charge in [-0.2, -0.15) is 0 Å². The summed E-state index contributed by atoms with van der Waals surface area (Å²) in [5.41, 5.74) is 7.15. The van der Waals surface area contributed by atoms with Crippen LogP contribution >= 0.6 is 23.2 Å². The van der Waals surface area contributed by atoms with Crippen molar-refractivity contribution in [2.45, 2.75) is 6.04 Å². The Hall–Kier alpha value is -1.85. The molecule has 0 saturated heterocycles. The maximum atomic E-state index is 11.4. The molecule has 1 heterocycles. The summed E-state index contributed by atoms with van der Waals surface area (Å²) >= 11 is 12.3. The van der Waals surface area contributed by atoms with Crippen LogP contribution in [0.2, 0.25) is 0 Å². The van der Waals surface area contributed by atoms with Crippen LogP contribution in [0.1, 0.15) is 5.56 Å². The Morgan fingerprint density at radius 1 is 1.33 bits per heavy atom. The molecule has 1 atom stereocenters. The molecule has 1 aliphatic heterocycles. The largest absolute Gasteiger partial charge is 0.497 e. The van der Waals surface area contributed by atoms with Crippen molar-refractivity contribution < 1.29 is 14.6 Å². The van der Waals surface area contributed by atoms with Gasteiger partial charge in [-0.05, 0) is 29.8 Å². The number of halogens is 2. The van der Waals surface area contributed by atoms with E-state index in [9.17, 15) is 9.90 Å². The van der Waals surface area contributed by atoms with E-state index < -0.39 is 12.0 Å². The number of carboxylic acid groups (broad SMARTS) is 1. The highest BCUT2D eigenvalue weighted by molar-refractivity contribution is 6.39. The predicted molar refractivity (Wildman–Crippen MR) is 82.0 cm³/mol. The minimum absolute atomic E-state index is 0.00672. The highest BCUT2D eigenvalue weighted by atomic mass is 35.5. The molecule has 0 aromatic heterocycles. The predicted octanol–water partition coefficient (Wildman–Crippen LogP) is 2.41. The molecule has 1 aliphatic rings. The molecule has 1 unspecified atom stereocenters. The van der Waals surface area contributed by atoms with E-state index in [4.69, 9.17) is 33.7 Å². The summed E-state index contributed by atoms with van der Waals surface area (Å²) in [4.78, 5) is 12.9. The lowest BCUT2D eigenvalue weighted by molar-refractivity contribution is -0.140. The summed E-state index contributed by atoms with van der Waals surface area (Å²) in [6.45, 7) is 0. The van der Waals surface area contributed by atoms with Crippen LogP contribution in [0.3, 0.4) is 0 Å². The van der Waals surface area contributed by atoms with E-state index in [1.807, 2.05) is 0 Å². The van der Waals surface area contributed by atoms with Crippen molar-refractivity contribution >= 4 is 34.9 Å². The third-order valence-electron chi connectivity index (χ3n) is 3.28. The van der Waals surface area contributed by atoms with Crippen molar-refractivity contribution in [1.82, 2.24) is 4.90 Å². The van der Waals surface area contributed by atoms with Gasteiger partial charge in [0.15, 0.2) is 6.04 Å². The van der Waals surface area contributed by atoms with Gasteiger partial charge in [0.25, 0.3) is 0 Å². The van der Waals surface area contributed by atoms with E-state index in [1.165, 1.54) is 4.90 Å². The van der Waals surface area contributed by atoms with Gasteiger partial charge in [-0.3, -0.25) is 0 Å². The number of aliphatic carboxylic acids is 1. The first-order chi connectivity index (χ1) is 9.88. The van der Waals surface area contributed by atoms with E-state index in [2.05, 4.69) is 0 Å². The summed E-state index contributed by atoms with van der Waals surface area (Å²) in [6.07, 6.45) is 0. The monoisotopic (exact) mass is 328 g/mol. The number of nitrogens with two attached hydrogens (primary N) is 1. The average molecular weight is 329 g/mol. The number of allylic oxidation sites excluding steroid dienone is 1. The lowest BCUT2D eigenvalue weighted by Crippen LogP contribution is -2.41. The first-order valence-corrected chi connectivity index (χ1v) is 6.79. The summed E-state index contributed by atoms with van der Waals surface area (Å²) in [5.74, 6) is -0.411. The Labute approximate surface area is 132 Å². The zero-order chi connectivity index (χ0) is 15.7. The van der Waals surface area contributed by atoms with E-state index in [1.54, 1.807) is 38.4 Å². The number of carbonyl (C=O) groups is 1. The van der Waals surface area contributed by atoms with Gasteiger partial charge in [0.05, 0.1) is 28.6 Å². The Morgan fingerprint density at radius 2 is 1.90 bits per heavy atom. The second kappa shape index (κ2) is 5.87. The number of hydrogen-bond donors (Lipinski definition) is 2. The highest BCUT2D eigenvalue weighted by Crippen LogP contribution is 2.38. The number of carboxylic acids is 1. The fourth-order valence-electron chi connectivity index (χ4n) is 2.19. The van der Waals surface area contributed by atoms with Gasteiger partial charge in [-0.1, -0.05) is 23.2 Å². The van der Waals surface area contributed by atoms with Gasteiger partial charge >= 0.3 is 5.97 Å². The van der Waals surface area contributed by atoms with E-state index in [0.29, 0.717) is 11.4 Å². The third kappa shape index (κ3) is 2.66. The molecule has 2 rings (SSSR count). The standard InChI is InChI=1S/C14H14Cl2N2O3/c1-18-12(7-3-5-8(21-2)6-4-7)9(15)11(17)10(16)13(18)14(19)20/h3-6,13H,17H2,1-2H3,(H,19,20). The maximum Gasteiger partial charge on any atom is 0.332 e. The Morgan fingerprint density at radius 3 is 2.38 bits per heavy atom. The number of rotatable bonds is 3. The number of nitrogens with zero attached hydrogens (tertiary/aromatic N) is 1. The Bertz CT molecular complexity index is 638.